The van der Waals surface area contributed by atoms with E-state index in [1.165, 1.54) is 0 Å². The predicted octanol–water partition coefficient (Wildman–Crippen LogP) is 2.43. The molecule has 0 amide bonds. The van der Waals surface area contributed by atoms with E-state index in [-0.39, 0.29) is 25.1 Å². The van der Waals surface area contributed by atoms with Gasteiger partial charge in [-0.15, -0.1) is 12.4 Å². The van der Waals surface area contributed by atoms with Gasteiger partial charge < -0.3 is 10.5 Å². The molecule has 1 saturated heterocycles. The highest BCUT2D eigenvalue weighted by Gasteiger charge is 2.31. The number of rotatable bonds is 3. The van der Waals surface area contributed by atoms with Crippen LogP contribution >= 0.6 is 12.4 Å². The number of halogens is 5. The first-order chi connectivity index (χ1) is 9.38. The fourth-order valence-corrected chi connectivity index (χ4v) is 2.23. The van der Waals surface area contributed by atoms with Gasteiger partial charge in [-0.1, -0.05) is 0 Å². The highest BCUT2D eigenvalue weighted by atomic mass is 35.5. The molecule has 1 aromatic rings. The molecule has 8 heteroatoms. The molecule has 120 valence electrons. The van der Waals surface area contributed by atoms with Crippen LogP contribution in [0.2, 0.25) is 0 Å². The van der Waals surface area contributed by atoms with Crippen molar-refractivity contribution < 1.29 is 22.3 Å². The molecule has 2 N–H and O–H groups in total. The van der Waals surface area contributed by atoms with Crippen LogP contribution in [-0.2, 0) is 17.5 Å². The first-order valence-electron chi connectivity index (χ1n) is 6.29. The molecular formula is C13H17ClF4N2O. The van der Waals surface area contributed by atoms with Crippen LogP contribution in [0.4, 0.5) is 17.6 Å². The molecule has 0 aliphatic carbocycles. The summed E-state index contributed by atoms with van der Waals surface area (Å²) in [6.45, 7) is 2.21. The summed E-state index contributed by atoms with van der Waals surface area (Å²) >= 11 is 0. The van der Waals surface area contributed by atoms with E-state index in [1.54, 1.807) is 0 Å². The molecule has 3 nitrogen and oxygen atoms in total. The summed E-state index contributed by atoms with van der Waals surface area (Å²) in [5, 5.41) is 0. The van der Waals surface area contributed by atoms with Gasteiger partial charge in [0.25, 0.3) is 0 Å². The number of nitrogens with zero attached hydrogens (tertiary/aromatic N) is 1. The highest BCUT2D eigenvalue weighted by molar-refractivity contribution is 5.85. The second-order valence-electron chi connectivity index (χ2n) is 4.81. The highest BCUT2D eigenvalue weighted by Crippen LogP contribution is 2.30. The Morgan fingerprint density at radius 2 is 2.00 bits per heavy atom. The molecule has 0 spiro atoms. The summed E-state index contributed by atoms with van der Waals surface area (Å²) in [5.41, 5.74) is 4.84. The standard InChI is InChI=1S/C13H16F4N2O.ClH/c14-11-4-9(3-10(5-11)13(15,16)17)7-19-1-2-20-12(6-18)8-19;/h3-5,12H,1-2,6-8,18H2;1H. The number of benzene rings is 1. The Balaban J connectivity index is 0.00000220. The zero-order chi connectivity index (χ0) is 14.8. The second-order valence-corrected chi connectivity index (χ2v) is 4.81. The van der Waals surface area contributed by atoms with Crippen LogP contribution in [0.25, 0.3) is 0 Å². The molecule has 0 radical (unpaired) electrons. The zero-order valence-corrected chi connectivity index (χ0v) is 12.0. The Bertz CT molecular complexity index is 470. The summed E-state index contributed by atoms with van der Waals surface area (Å²) in [6.07, 6.45) is -4.67. The van der Waals surface area contributed by atoms with E-state index in [4.69, 9.17) is 10.5 Å². The van der Waals surface area contributed by atoms with Gasteiger partial charge >= 0.3 is 6.18 Å². The third kappa shape index (κ3) is 5.10. The fraction of sp³-hybridized carbons (Fsp3) is 0.538. The summed E-state index contributed by atoms with van der Waals surface area (Å²) in [7, 11) is 0. The summed E-state index contributed by atoms with van der Waals surface area (Å²) < 4.78 is 56.5. The summed E-state index contributed by atoms with van der Waals surface area (Å²) in [4.78, 5) is 1.91. The molecule has 1 atom stereocenters. The van der Waals surface area contributed by atoms with Crippen LogP contribution in [0.1, 0.15) is 11.1 Å². The Kier molecular flexibility index (Phi) is 6.40. The Labute approximate surface area is 126 Å². The van der Waals surface area contributed by atoms with E-state index in [9.17, 15) is 17.6 Å². The first kappa shape index (κ1) is 18.2. The molecule has 0 bridgehead atoms. The maximum absolute atomic E-state index is 13.3. The minimum atomic E-state index is -4.54. The number of hydrogen-bond acceptors (Lipinski definition) is 3. The maximum atomic E-state index is 13.3. The largest absolute Gasteiger partial charge is 0.416 e. The van der Waals surface area contributed by atoms with Crippen molar-refractivity contribution >= 4 is 12.4 Å². The lowest BCUT2D eigenvalue weighted by molar-refractivity contribution is -0.137. The smallest absolute Gasteiger partial charge is 0.374 e. The van der Waals surface area contributed by atoms with E-state index in [0.717, 1.165) is 12.1 Å². The van der Waals surface area contributed by atoms with Crippen molar-refractivity contribution in [1.82, 2.24) is 4.90 Å². The van der Waals surface area contributed by atoms with E-state index in [1.807, 2.05) is 4.90 Å². The quantitative estimate of drug-likeness (QED) is 0.866. The molecule has 1 fully saturated rings. The third-order valence-corrected chi connectivity index (χ3v) is 3.18. The number of ether oxygens (including phenoxy) is 1. The first-order valence-corrected chi connectivity index (χ1v) is 6.29. The average Bonchev–Trinajstić information content (AvgIpc) is 2.37. The van der Waals surface area contributed by atoms with Crippen LogP contribution in [-0.4, -0.2) is 37.2 Å². The van der Waals surface area contributed by atoms with Gasteiger partial charge in [-0.25, -0.2) is 4.39 Å². The van der Waals surface area contributed by atoms with Gasteiger partial charge in [0, 0.05) is 26.2 Å². The summed E-state index contributed by atoms with van der Waals surface area (Å²) in [5.74, 6) is -0.876. The van der Waals surface area contributed by atoms with Crippen molar-refractivity contribution in [3.05, 3.63) is 35.1 Å². The molecule has 1 aliphatic heterocycles. The minimum Gasteiger partial charge on any atom is -0.374 e. The van der Waals surface area contributed by atoms with Gasteiger partial charge in [-0.2, -0.15) is 13.2 Å². The maximum Gasteiger partial charge on any atom is 0.416 e. The molecule has 0 saturated carbocycles. The van der Waals surface area contributed by atoms with Gasteiger partial charge in [-0.3, -0.25) is 4.90 Å². The van der Waals surface area contributed by atoms with Crippen molar-refractivity contribution in [2.24, 2.45) is 5.73 Å². The van der Waals surface area contributed by atoms with Crippen molar-refractivity contribution in [3.63, 3.8) is 0 Å². The zero-order valence-electron chi connectivity index (χ0n) is 11.2. The van der Waals surface area contributed by atoms with Crippen molar-refractivity contribution in [3.8, 4) is 0 Å². The Morgan fingerprint density at radius 3 is 2.62 bits per heavy atom. The lowest BCUT2D eigenvalue weighted by Gasteiger charge is -2.32. The predicted molar refractivity (Wildman–Crippen MR) is 72.7 cm³/mol. The lowest BCUT2D eigenvalue weighted by Crippen LogP contribution is -2.45. The van der Waals surface area contributed by atoms with Crippen LogP contribution in [0.3, 0.4) is 0 Å². The van der Waals surface area contributed by atoms with Gasteiger partial charge in [0.05, 0.1) is 18.3 Å². The van der Waals surface area contributed by atoms with E-state index in [0.29, 0.717) is 37.9 Å². The number of alkyl halides is 3. The number of hydrogen-bond donors (Lipinski definition) is 1. The second kappa shape index (κ2) is 7.40. The van der Waals surface area contributed by atoms with Crippen molar-refractivity contribution in [1.29, 1.82) is 0 Å². The topological polar surface area (TPSA) is 38.5 Å². The van der Waals surface area contributed by atoms with Gasteiger partial charge in [0.15, 0.2) is 0 Å². The molecular weight excluding hydrogens is 312 g/mol. The third-order valence-electron chi connectivity index (χ3n) is 3.18. The van der Waals surface area contributed by atoms with Gasteiger partial charge in [0.1, 0.15) is 5.82 Å². The number of nitrogens with two attached hydrogens (primary N) is 1. The molecule has 21 heavy (non-hydrogen) atoms. The monoisotopic (exact) mass is 328 g/mol. The molecule has 1 aliphatic rings. The van der Waals surface area contributed by atoms with Crippen molar-refractivity contribution in [2.75, 3.05) is 26.2 Å². The molecule has 1 aromatic carbocycles. The van der Waals surface area contributed by atoms with Crippen LogP contribution in [0, 0.1) is 5.82 Å². The van der Waals surface area contributed by atoms with Crippen LogP contribution in [0.5, 0.6) is 0 Å². The summed E-state index contributed by atoms with van der Waals surface area (Å²) in [6, 6.07) is 2.61. The Morgan fingerprint density at radius 1 is 1.29 bits per heavy atom. The van der Waals surface area contributed by atoms with Crippen LogP contribution < -0.4 is 5.73 Å². The van der Waals surface area contributed by atoms with Gasteiger partial charge in [-0.05, 0) is 23.8 Å². The van der Waals surface area contributed by atoms with Crippen molar-refractivity contribution in [2.45, 2.75) is 18.8 Å². The van der Waals surface area contributed by atoms with Crippen LogP contribution in [0.15, 0.2) is 18.2 Å². The molecule has 1 unspecified atom stereocenters. The van der Waals surface area contributed by atoms with E-state index in [2.05, 4.69) is 0 Å². The molecule has 0 aromatic heterocycles. The average molecular weight is 329 g/mol. The fourth-order valence-electron chi connectivity index (χ4n) is 2.23. The minimum absolute atomic E-state index is 0. The normalized spacial score (nSPS) is 20.1. The van der Waals surface area contributed by atoms with E-state index < -0.39 is 17.6 Å². The van der Waals surface area contributed by atoms with E-state index >= 15 is 0 Å². The van der Waals surface area contributed by atoms with Gasteiger partial charge in [0.2, 0.25) is 0 Å². The molecule has 2 rings (SSSR count). The SMILES string of the molecule is Cl.NCC1CN(Cc2cc(F)cc(C(F)(F)F)c2)CCO1. The lowest BCUT2D eigenvalue weighted by atomic mass is 10.1. The Hall–Kier alpha value is -0.890. The molecule has 1 heterocycles. The number of morpholine rings is 1.